The van der Waals surface area contributed by atoms with Gasteiger partial charge in [0, 0.05) is 13.1 Å². The van der Waals surface area contributed by atoms with Crippen LogP contribution in [0.4, 0.5) is 0 Å². The molecular weight excluding hydrogens is 224 g/mol. The van der Waals surface area contributed by atoms with Crippen molar-refractivity contribution in [3.8, 4) is 0 Å². The summed E-state index contributed by atoms with van der Waals surface area (Å²) in [7, 11) is 0. The van der Waals surface area contributed by atoms with E-state index in [1.165, 1.54) is 31.3 Å². The molecule has 0 unspecified atom stereocenters. The number of amides is 1. The molecule has 3 heteroatoms. The molecule has 3 nitrogen and oxygen atoms in total. The van der Waals surface area contributed by atoms with Gasteiger partial charge in [-0.2, -0.15) is 0 Å². The second kappa shape index (κ2) is 6.37. The second-order valence-corrected chi connectivity index (χ2v) is 5.81. The van der Waals surface area contributed by atoms with Crippen LogP contribution in [0.2, 0.25) is 0 Å². The van der Waals surface area contributed by atoms with Crippen molar-refractivity contribution in [3.63, 3.8) is 0 Å². The fourth-order valence-corrected chi connectivity index (χ4v) is 3.24. The molecule has 102 valence electrons. The van der Waals surface area contributed by atoms with Crippen molar-refractivity contribution >= 4 is 5.91 Å². The lowest BCUT2D eigenvalue weighted by molar-refractivity contribution is -0.132. The number of nitrogens with one attached hydrogen (secondary N) is 1. The summed E-state index contributed by atoms with van der Waals surface area (Å²) in [6, 6.07) is 0. The minimum Gasteiger partial charge on any atom is -0.355 e. The molecule has 0 bridgehead atoms. The van der Waals surface area contributed by atoms with Gasteiger partial charge < -0.3 is 11.1 Å². The molecule has 1 fully saturated rings. The highest BCUT2D eigenvalue weighted by molar-refractivity contribution is 5.83. The topological polar surface area (TPSA) is 55.1 Å². The predicted octanol–water partition coefficient (Wildman–Crippen LogP) is 2.51. The molecule has 18 heavy (non-hydrogen) atoms. The number of carbonyl (C=O) groups is 1. The van der Waals surface area contributed by atoms with Crippen LogP contribution in [0.5, 0.6) is 0 Å². The van der Waals surface area contributed by atoms with E-state index in [1.54, 1.807) is 0 Å². The normalized spacial score (nSPS) is 22.6. The monoisotopic (exact) mass is 250 g/mol. The van der Waals surface area contributed by atoms with Gasteiger partial charge in [-0.1, -0.05) is 30.9 Å². The summed E-state index contributed by atoms with van der Waals surface area (Å²) in [6.07, 6.45) is 12.6. The van der Waals surface area contributed by atoms with Gasteiger partial charge in [0.1, 0.15) is 0 Å². The Morgan fingerprint density at radius 2 is 2.06 bits per heavy atom. The molecule has 0 radical (unpaired) electrons. The fraction of sp³-hybridized carbons (Fsp3) is 0.800. The first kappa shape index (κ1) is 13.6. The number of hydrogen-bond acceptors (Lipinski definition) is 2. The van der Waals surface area contributed by atoms with Crippen LogP contribution in [0.25, 0.3) is 0 Å². The minimum atomic E-state index is -0.262. The average molecular weight is 250 g/mol. The van der Waals surface area contributed by atoms with Gasteiger partial charge in [-0.05, 0) is 38.5 Å². The number of carbonyl (C=O) groups excluding carboxylic acids is 1. The maximum atomic E-state index is 12.3. The number of rotatable bonds is 5. The van der Waals surface area contributed by atoms with Crippen molar-refractivity contribution in [1.29, 1.82) is 0 Å². The Morgan fingerprint density at radius 3 is 2.67 bits per heavy atom. The average Bonchev–Trinajstić information content (AvgIpc) is 2.92. The zero-order chi connectivity index (χ0) is 12.8. The Bertz CT molecular complexity index is 316. The highest BCUT2D eigenvalue weighted by Gasteiger charge is 2.37. The number of hydrogen-bond donors (Lipinski definition) is 2. The SMILES string of the molecule is NCC1(C(=O)NCCC2=CCCC2)CCCCC1. The van der Waals surface area contributed by atoms with Gasteiger partial charge >= 0.3 is 0 Å². The van der Waals surface area contributed by atoms with Gasteiger partial charge in [-0.25, -0.2) is 0 Å². The summed E-state index contributed by atoms with van der Waals surface area (Å²) in [6.45, 7) is 1.29. The summed E-state index contributed by atoms with van der Waals surface area (Å²) < 4.78 is 0. The van der Waals surface area contributed by atoms with Crippen LogP contribution in [0.3, 0.4) is 0 Å². The van der Waals surface area contributed by atoms with Gasteiger partial charge in [0.2, 0.25) is 5.91 Å². The molecule has 1 saturated carbocycles. The first-order valence-electron chi connectivity index (χ1n) is 7.43. The van der Waals surface area contributed by atoms with Crippen LogP contribution in [0.15, 0.2) is 11.6 Å². The molecular formula is C15H26N2O. The lowest BCUT2D eigenvalue weighted by Gasteiger charge is -2.34. The number of nitrogens with two attached hydrogens (primary N) is 1. The summed E-state index contributed by atoms with van der Waals surface area (Å²) in [5.74, 6) is 0.197. The third-order valence-electron chi connectivity index (χ3n) is 4.55. The van der Waals surface area contributed by atoms with Crippen molar-refractivity contribution in [2.75, 3.05) is 13.1 Å². The van der Waals surface area contributed by atoms with Gasteiger partial charge in [0.25, 0.3) is 0 Å². The minimum absolute atomic E-state index is 0.197. The van der Waals surface area contributed by atoms with E-state index >= 15 is 0 Å². The van der Waals surface area contributed by atoms with Crippen LogP contribution in [-0.4, -0.2) is 19.0 Å². The van der Waals surface area contributed by atoms with Gasteiger partial charge in [-0.3, -0.25) is 4.79 Å². The Labute approximate surface area is 110 Å². The Morgan fingerprint density at radius 1 is 1.28 bits per heavy atom. The molecule has 1 amide bonds. The third-order valence-corrected chi connectivity index (χ3v) is 4.55. The molecule has 0 aromatic carbocycles. The van der Waals surface area contributed by atoms with Crippen molar-refractivity contribution in [1.82, 2.24) is 5.32 Å². The highest BCUT2D eigenvalue weighted by atomic mass is 16.2. The van der Waals surface area contributed by atoms with Gasteiger partial charge in [0.15, 0.2) is 0 Å². The molecule has 2 aliphatic carbocycles. The van der Waals surface area contributed by atoms with Gasteiger partial charge in [-0.15, -0.1) is 0 Å². The standard InChI is InChI=1S/C15H26N2O/c16-12-15(9-4-1-5-10-15)14(18)17-11-8-13-6-2-3-7-13/h6H,1-5,7-12,16H2,(H,17,18). The number of allylic oxidation sites excluding steroid dienone is 1. The largest absolute Gasteiger partial charge is 0.355 e. The van der Waals surface area contributed by atoms with Crippen LogP contribution < -0.4 is 11.1 Å². The Hall–Kier alpha value is -0.830. The van der Waals surface area contributed by atoms with Gasteiger partial charge in [0.05, 0.1) is 5.41 Å². The first-order chi connectivity index (χ1) is 8.77. The van der Waals surface area contributed by atoms with E-state index in [0.717, 1.165) is 38.6 Å². The molecule has 0 spiro atoms. The molecule has 3 N–H and O–H groups in total. The van der Waals surface area contributed by atoms with E-state index in [9.17, 15) is 4.79 Å². The van der Waals surface area contributed by atoms with E-state index in [-0.39, 0.29) is 11.3 Å². The molecule has 2 rings (SSSR count). The molecule has 0 aliphatic heterocycles. The molecule has 0 saturated heterocycles. The van der Waals surface area contributed by atoms with E-state index in [0.29, 0.717) is 6.54 Å². The van der Waals surface area contributed by atoms with E-state index in [1.807, 2.05) is 0 Å². The molecule has 0 heterocycles. The second-order valence-electron chi connectivity index (χ2n) is 5.81. The predicted molar refractivity (Wildman–Crippen MR) is 74.1 cm³/mol. The zero-order valence-electron chi connectivity index (χ0n) is 11.3. The first-order valence-corrected chi connectivity index (χ1v) is 7.43. The lowest BCUT2D eigenvalue weighted by atomic mass is 9.73. The van der Waals surface area contributed by atoms with Crippen LogP contribution in [0.1, 0.15) is 57.8 Å². The summed E-state index contributed by atoms with van der Waals surface area (Å²) in [4.78, 5) is 12.3. The summed E-state index contributed by atoms with van der Waals surface area (Å²) >= 11 is 0. The van der Waals surface area contributed by atoms with Crippen molar-refractivity contribution in [3.05, 3.63) is 11.6 Å². The van der Waals surface area contributed by atoms with Crippen LogP contribution in [0, 0.1) is 5.41 Å². The van der Waals surface area contributed by atoms with Crippen molar-refractivity contribution in [2.45, 2.75) is 57.8 Å². The Balaban J connectivity index is 1.78. The summed E-state index contributed by atoms with van der Waals surface area (Å²) in [5.41, 5.74) is 7.11. The highest BCUT2D eigenvalue weighted by Crippen LogP contribution is 2.35. The maximum absolute atomic E-state index is 12.3. The van der Waals surface area contributed by atoms with Crippen LogP contribution >= 0.6 is 0 Å². The molecule has 0 aromatic rings. The zero-order valence-corrected chi connectivity index (χ0v) is 11.3. The van der Waals surface area contributed by atoms with Crippen LogP contribution in [-0.2, 0) is 4.79 Å². The lowest BCUT2D eigenvalue weighted by Crippen LogP contribution is -2.47. The molecule has 0 aromatic heterocycles. The van der Waals surface area contributed by atoms with E-state index in [2.05, 4.69) is 11.4 Å². The summed E-state index contributed by atoms with van der Waals surface area (Å²) in [5, 5.41) is 3.11. The fourth-order valence-electron chi connectivity index (χ4n) is 3.24. The van der Waals surface area contributed by atoms with Crippen molar-refractivity contribution < 1.29 is 4.79 Å². The smallest absolute Gasteiger partial charge is 0.227 e. The molecule has 0 atom stereocenters. The van der Waals surface area contributed by atoms with Crippen molar-refractivity contribution in [2.24, 2.45) is 11.1 Å². The Kier molecular flexibility index (Phi) is 4.81. The van der Waals surface area contributed by atoms with E-state index < -0.39 is 0 Å². The quantitative estimate of drug-likeness (QED) is 0.737. The molecule has 2 aliphatic rings. The van der Waals surface area contributed by atoms with E-state index in [4.69, 9.17) is 5.73 Å². The maximum Gasteiger partial charge on any atom is 0.227 e. The third kappa shape index (κ3) is 3.14.